The zero-order valence-corrected chi connectivity index (χ0v) is 27.5. The smallest absolute Gasteiger partial charge is 0.373 e. The van der Waals surface area contributed by atoms with Crippen molar-refractivity contribution in [2.45, 2.75) is 25.8 Å². The van der Waals surface area contributed by atoms with Crippen LogP contribution in [0.4, 0.5) is 0 Å². The Morgan fingerprint density at radius 2 is 1.11 bits per heavy atom. The molecule has 0 saturated heterocycles. The van der Waals surface area contributed by atoms with Crippen molar-refractivity contribution in [1.29, 1.82) is 0 Å². The van der Waals surface area contributed by atoms with Crippen LogP contribution in [-0.2, 0) is 31.1 Å². The number of benzene rings is 2. The van der Waals surface area contributed by atoms with Gasteiger partial charge in [0.2, 0.25) is 0 Å². The number of halogens is 4. The minimum absolute atomic E-state index is 0.141. The molecule has 0 bridgehead atoms. The summed E-state index contributed by atoms with van der Waals surface area (Å²) in [6.45, 7) is 4.26. The summed E-state index contributed by atoms with van der Waals surface area (Å²) in [5, 5.41) is 9.62. The van der Waals surface area contributed by atoms with Gasteiger partial charge in [0, 0.05) is 71.6 Å². The van der Waals surface area contributed by atoms with E-state index in [0.717, 1.165) is 10.9 Å². The van der Waals surface area contributed by atoms with Gasteiger partial charge in [-0.2, -0.15) is 19.2 Å². The van der Waals surface area contributed by atoms with Crippen molar-refractivity contribution in [3.63, 3.8) is 0 Å². The molecular weight excluding hydrogens is 744 g/mol. The third-order valence-corrected chi connectivity index (χ3v) is 3.37. The van der Waals surface area contributed by atoms with Crippen molar-refractivity contribution < 1.29 is 24.3 Å². The highest BCUT2D eigenvalue weighted by Crippen LogP contribution is 2.59. The maximum absolute atomic E-state index is 8.66. The fourth-order valence-corrected chi connectivity index (χ4v) is 1.95. The summed E-state index contributed by atoms with van der Waals surface area (Å²) < 4.78 is -0.183. The standard InChI is InChI=1S/C8H9Br.C8H10O.2CO2.B5.B4.Br3P/c2*1-7-3-2-4-8(5-7)6-9;2*2-1-3;1-4-5(2)3;2*1-4(2)3/h2-5H,6H2,1H3;2-5,9H,6H2,1H3;;;;;. The Morgan fingerprint density at radius 3 is 1.27 bits per heavy atom. The first-order chi connectivity index (χ1) is 17.2. The lowest BCUT2D eigenvalue weighted by atomic mass is 8.97. The number of aryl methyl sites for hydroxylation is 2. The van der Waals surface area contributed by atoms with Crippen LogP contribution in [0.3, 0.4) is 0 Å². The molecule has 19 heteroatoms. The average Bonchev–Trinajstić information content (AvgIpc) is 2.80. The summed E-state index contributed by atoms with van der Waals surface area (Å²) in [7, 11) is 29.8. The van der Waals surface area contributed by atoms with E-state index in [9.17, 15) is 0 Å². The molecular formula is C18H19B9Br4O5P. The zero-order valence-electron chi connectivity index (χ0n) is 20.3. The van der Waals surface area contributed by atoms with Gasteiger partial charge in [0.15, 0.2) is 0 Å². The average molecular weight is 763 g/mol. The molecule has 0 fully saturated rings. The van der Waals surface area contributed by atoms with Gasteiger partial charge in [-0.15, -0.1) is 0 Å². The van der Waals surface area contributed by atoms with Crippen LogP contribution in [0.25, 0.3) is 0 Å². The summed E-state index contributed by atoms with van der Waals surface area (Å²) in [6, 6.07) is 16.3. The molecule has 0 aliphatic rings. The molecule has 0 unspecified atom stereocenters. The third kappa shape index (κ3) is 61.6. The zero-order chi connectivity index (χ0) is 30.2. The van der Waals surface area contributed by atoms with E-state index in [0.29, 0.717) is 0 Å². The normalized spacial score (nSPS) is 7.57. The fourth-order valence-electron chi connectivity index (χ4n) is 1.61. The van der Waals surface area contributed by atoms with E-state index in [1.54, 1.807) is 0 Å². The molecule has 13 radical (unpaired) electrons. The molecule has 181 valence electrons. The van der Waals surface area contributed by atoms with E-state index < -0.39 is 12.8 Å². The second-order valence-electron chi connectivity index (χ2n) is 5.98. The van der Waals surface area contributed by atoms with Crippen LogP contribution >= 0.6 is 66.4 Å². The molecule has 0 atom stereocenters. The first-order valence-corrected chi connectivity index (χ1v) is 18.1. The predicted octanol–water partition coefficient (Wildman–Crippen LogP) is 3.18. The van der Waals surface area contributed by atoms with Crippen LogP contribution in [0, 0.1) is 13.8 Å². The van der Waals surface area contributed by atoms with Crippen molar-refractivity contribution >= 4 is 145 Å². The molecule has 2 aromatic carbocycles. The topological polar surface area (TPSA) is 88.5 Å². The Hall–Kier alpha value is 0.0944. The van der Waals surface area contributed by atoms with Crippen molar-refractivity contribution in [2.24, 2.45) is 0 Å². The summed E-state index contributed by atoms with van der Waals surface area (Å²) in [6.07, 6.45) is -0.630. The van der Waals surface area contributed by atoms with Gasteiger partial charge in [0.25, 0.3) is 0 Å². The lowest BCUT2D eigenvalue weighted by molar-refractivity contribution is -0.193. The molecule has 2 rings (SSSR count). The van der Waals surface area contributed by atoms with E-state index in [1.807, 2.05) is 31.2 Å². The number of aliphatic hydroxyl groups is 1. The van der Waals surface area contributed by atoms with Crippen LogP contribution < -0.4 is 0 Å². The molecule has 0 aromatic heterocycles. The number of hydrogen-bond acceptors (Lipinski definition) is 5. The van der Waals surface area contributed by atoms with Crippen molar-refractivity contribution in [3.8, 4) is 0 Å². The summed E-state index contributed by atoms with van der Waals surface area (Å²) in [5.74, 6) is 0. The molecule has 0 amide bonds. The van der Waals surface area contributed by atoms with Crippen molar-refractivity contribution in [2.75, 3.05) is 0 Å². The van der Waals surface area contributed by atoms with Crippen LogP contribution in [-0.4, -0.2) is 83.7 Å². The largest absolute Gasteiger partial charge is 0.392 e. The molecule has 0 spiro atoms. The lowest BCUT2D eigenvalue weighted by Crippen LogP contribution is -2.23. The number of rotatable bonds is 3. The SMILES string of the molecule is BrP(Br)Br.Cc1cccc(CBr)c1.Cc1cccc(CO)c1.O=C=O.O=C=O.[B]B([B])[B].[B][B]B([B])[B]. The Bertz CT molecular complexity index is 763. The molecule has 0 heterocycles. The van der Waals surface area contributed by atoms with Gasteiger partial charge in [-0.3, -0.25) is 0 Å². The molecule has 0 aliphatic heterocycles. The lowest BCUT2D eigenvalue weighted by Gasteiger charge is -1.94. The van der Waals surface area contributed by atoms with Crippen LogP contribution in [0.2, 0.25) is 0 Å². The second-order valence-corrected chi connectivity index (χ2v) is 21.9. The Morgan fingerprint density at radius 1 is 0.838 bits per heavy atom. The number of aliphatic hydroxyl groups excluding tert-OH is 1. The third-order valence-electron chi connectivity index (χ3n) is 2.72. The van der Waals surface area contributed by atoms with Gasteiger partial charge < -0.3 is 5.11 Å². The Balaban J connectivity index is -0.000000114. The van der Waals surface area contributed by atoms with Crippen molar-refractivity contribution in [3.05, 3.63) is 70.8 Å². The monoisotopic (exact) mass is 761 g/mol. The highest BCUT2D eigenvalue weighted by atomic mass is 80.0. The van der Waals surface area contributed by atoms with Crippen LogP contribution in [0.1, 0.15) is 22.3 Å². The highest BCUT2D eigenvalue weighted by molar-refractivity contribution is 9.93. The predicted molar refractivity (Wildman–Crippen MR) is 176 cm³/mol. The Labute approximate surface area is 263 Å². The van der Waals surface area contributed by atoms with E-state index in [2.05, 4.69) is 117 Å². The molecule has 5 nitrogen and oxygen atoms in total. The second kappa shape index (κ2) is 38.2. The van der Waals surface area contributed by atoms with Crippen molar-refractivity contribution in [1.82, 2.24) is 0 Å². The molecule has 0 saturated carbocycles. The summed E-state index contributed by atoms with van der Waals surface area (Å²) >= 11 is 12.9. The number of carbonyl (C=O) groups excluding carboxylic acids is 4. The van der Waals surface area contributed by atoms with Gasteiger partial charge in [0.1, 0.15) is 4.03 Å². The molecule has 0 aliphatic carbocycles. The number of alkyl halides is 1. The minimum atomic E-state index is -0.667. The summed E-state index contributed by atoms with van der Waals surface area (Å²) in [5.41, 5.74) is 4.85. The van der Waals surface area contributed by atoms with E-state index in [1.165, 1.54) is 23.8 Å². The molecule has 2 aromatic rings. The fraction of sp³-hybridized carbons (Fsp3) is 0.222. The van der Waals surface area contributed by atoms with E-state index in [4.69, 9.17) is 47.5 Å². The quantitative estimate of drug-likeness (QED) is 0.295. The van der Waals surface area contributed by atoms with E-state index >= 15 is 0 Å². The van der Waals surface area contributed by atoms with E-state index in [-0.39, 0.29) is 22.9 Å². The highest BCUT2D eigenvalue weighted by Gasteiger charge is 1.88. The van der Waals surface area contributed by atoms with Gasteiger partial charge in [-0.05, 0) is 71.4 Å². The first kappa shape index (κ1) is 46.9. The maximum Gasteiger partial charge on any atom is 0.373 e. The van der Waals surface area contributed by atoms with Gasteiger partial charge in [0.05, 0.1) is 6.61 Å². The minimum Gasteiger partial charge on any atom is -0.392 e. The summed E-state index contributed by atoms with van der Waals surface area (Å²) in [4.78, 5) is 32.5. The molecule has 37 heavy (non-hydrogen) atoms. The van der Waals surface area contributed by atoms with Gasteiger partial charge in [-0.1, -0.05) is 75.6 Å². The van der Waals surface area contributed by atoms with Crippen LogP contribution in [0.15, 0.2) is 48.5 Å². The Kier molecular flexibility index (Phi) is 48.5. The number of hydrogen-bond donors (Lipinski definition) is 1. The maximum atomic E-state index is 8.66. The first-order valence-electron chi connectivity index (χ1n) is 9.59. The van der Waals surface area contributed by atoms with Gasteiger partial charge >= 0.3 is 12.3 Å². The van der Waals surface area contributed by atoms with Gasteiger partial charge in [-0.25, -0.2) is 0 Å². The van der Waals surface area contributed by atoms with Crippen LogP contribution in [0.5, 0.6) is 0 Å². The molecule has 1 N–H and O–H groups in total.